The lowest BCUT2D eigenvalue weighted by Gasteiger charge is -2.04. The predicted octanol–water partition coefficient (Wildman–Crippen LogP) is -2.62. The molecule has 0 bridgehead atoms. The van der Waals surface area contributed by atoms with Gasteiger partial charge in [0.25, 0.3) is 0 Å². The molecule has 1 aliphatic rings. The fourth-order valence-corrected chi connectivity index (χ4v) is 0.980. The zero-order valence-electron chi connectivity index (χ0n) is 6.43. The van der Waals surface area contributed by atoms with Gasteiger partial charge in [0, 0.05) is 12.1 Å². The Bertz CT molecular complexity index is 263. The molecular formula is C8H9BrN2O. The number of nitrogens with zero attached hydrogens (tertiary/aromatic N) is 2. The van der Waals surface area contributed by atoms with Gasteiger partial charge >= 0.3 is 0 Å². The van der Waals surface area contributed by atoms with Crippen LogP contribution < -0.4 is 26.7 Å². The second-order valence-electron chi connectivity index (χ2n) is 2.28. The van der Waals surface area contributed by atoms with Crippen molar-refractivity contribution in [2.75, 3.05) is 11.7 Å². The summed E-state index contributed by atoms with van der Waals surface area (Å²) in [4.78, 5) is 0. The number of aromatic nitrogens is 1. The van der Waals surface area contributed by atoms with Gasteiger partial charge in [-0.2, -0.15) is 0 Å². The van der Waals surface area contributed by atoms with Gasteiger partial charge in [0.05, 0.1) is 0 Å². The molecule has 0 aromatic carbocycles. The van der Waals surface area contributed by atoms with Gasteiger partial charge in [-0.3, -0.25) is 0 Å². The van der Waals surface area contributed by atoms with Crippen LogP contribution in [0, 0.1) is 0 Å². The molecule has 0 amide bonds. The Balaban J connectivity index is 0.000000720. The predicted molar refractivity (Wildman–Crippen MR) is 39.9 cm³/mol. The molecular weight excluding hydrogens is 220 g/mol. The molecule has 0 radical (unpaired) electrons. The van der Waals surface area contributed by atoms with E-state index in [9.17, 15) is 0 Å². The van der Waals surface area contributed by atoms with Gasteiger partial charge in [0.2, 0.25) is 6.73 Å². The number of ether oxygens (including phenoxy) is 1. The van der Waals surface area contributed by atoms with Crippen molar-refractivity contribution in [1.29, 1.82) is 0 Å². The number of hydrogen-bond acceptors (Lipinski definition) is 2. The van der Waals surface area contributed by atoms with Gasteiger partial charge in [-0.1, -0.05) is 10.7 Å². The highest BCUT2D eigenvalue weighted by Crippen LogP contribution is 1.92. The van der Waals surface area contributed by atoms with E-state index >= 15 is 0 Å². The molecule has 0 aliphatic carbocycles. The number of rotatable bonds is 1. The topological polar surface area (TPSA) is 16.4 Å². The molecule has 0 fully saturated rings. The summed E-state index contributed by atoms with van der Waals surface area (Å²) in [5.41, 5.74) is 0. The van der Waals surface area contributed by atoms with Crippen LogP contribution >= 0.6 is 0 Å². The van der Waals surface area contributed by atoms with Crippen molar-refractivity contribution in [1.82, 2.24) is 0 Å². The Morgan fingerprint density at radius 1 is 1.17 bits per heavy atom. The monoisotopic (exact) mass is 228 g/mol. The number of hydrogen-bond donors (Lipinski definition) is 0. The van der Waals surface area contributed by atoms with Crippen molar-refractivity contribution < 1.29 is 26.4 Å². The van der Waals surface area contributed by atoms with Crippen LogP contribution in [0.15, 0.2) is 43.1 Å². The summed E-state index contributed by atoms with van der Waals surface area (Å²) in [6.45, 7) is 0.592. The maximum absolute atomic E-state index is 5.04. The second kappa shape index (κ2) is 4.11. The van der Waals surface area contributed by atoms with Gasteiger partial charge in [-0.15, -0.1) is 5.01 Å². The van der Waals surface area contributed by atoms with E-state index in [0.29, 0.717) is 6.73 Å². The van der Waals surface area contributed by atoms with Gasteiger partial charge in [0.15, 0.2) is 12.4 Å². The van der Waals surface area contributed by atoms with Gasteiger partial charge in [0.1, 0.15) is 12.5 Å². The molecule has 1 aromatic heterocycles. The lowest BCUT2D eigenvalue weighted by Crippen LogP contribution is -3.00. The SMILES string of the molecule is C1=CN([n+]2ccccc2)CO1.[Br-]. The Kier molecular flexibility index (Phi) is 3.10. The molecule has 0 unspecified atom stereocenters. The largest absolute Gasteiger partial charge is 1.00 e. The van der Waals surface area contributed by atoms with E-state index < -0.39 is 0 Å². The molecule has 0 spiro atoms. The summed E-state index contributed by atoms with van der Waals surface area (Å²) in [7, 11) is 0. The van der Waals surface area contributed by atoms with Crippen molar-refractivity contribution in [3.8, 4) is 0 Å². The first-order valence-corrected chi connectivity index (χ1v) is 3.48. The highest BCUT2D eigenvalue weighted by molar-refractivity contribution is 4.93. The van der Waals surface area contributed by atoms with Crippen LogP contribution in [0.1, 0.15) is 0 Å². The minimum absolute atomic E-state index is 0. The zero-order chi connectivity index (χ0) is 7.52. The Hall–Kier alpha value is -1.03. The fraction of sp³-hybridized carbons (Fsp3) is 0.125. The normalized spacial score (nSPS) is 13.8. The summed E-state index contributed by atoms with van der Waals surface area (Å²) in [6, 6.07) is 5.94. The minimum Gasteiger partial charge on any atom is -1.00 e. The fourth-order valence-electron chi connectivity index (χ4n) is 0.980. The summed E-state index contributed by atoms with van der Waals surface area (Å²) >= 11 is 0. The van der Waals surface area contributed by atoms with E-state index in [1.165, 1.54) is 0 Å². The van der Waals surface area contributed by atoms with Gasteiger partial charge in [-0.25, -0.2) is 0 Å². The molecule has 12 heavy (non-hydrogen) atoms. The van der Waals surface area contributed by atoms with Crippen molar-refractivity contribution in [2.45, 2.75) is 0 Å². The summed E-state index contributed by atoms with van der Waals surface area (Å²) < 4.78 is 7.00. The summed E-state index contributed by atoms with van der Waals surface area (Å²) in [5.74, 6) is 0. The Labute approximate surface area is 81.6 Å². The third-order valence-corrected chi connectivity index (χ3v) is 1.53. The van der Waals surface area contributed by atoms with E-state index in [-0.39, 0.29) is 17.0 Å². The molecule has 4 heteroatoms. The van der Waals surface area contributed by atoms with Gasteiger partial charge < -0.3 is 21.7 Å². The van der Waals surface area contributed by atoms with Crippen molar-refractivity contribution >= 4 is 0 Å². The molecule has 0 N–H and O–H groups in total. The smallest absolute Gasteiger partial charge is 0.215 e. The first kappa shape index (κ1) is 9.06. The molecule has 1 aliphatic heterocycles. The molecule has 0 atom stereocenters. The maximum Gasteiger partial charge on any atom is 0.215 e. The molecule has 64 valence electrons. The zero-order valence-corrected chi connectivity index (χ0v) is 8.02. The van der Waals surface area contributed by atoms with Crippen LogP contribution in [-0.4, -0.2) is 6.73 Å². The molecule has 0 saturated heterocycles. The second-order valence-corrected chi connectivity index (χ2v) is 2.28. The van der Waals surface area contributed by atoms with E-state index in [0.717, 1.165) is 0 Å². The van der Waals surface area contributed by atoms with Gasteiger partial charge in [-0.05, 0) is 0 Å². The summed E-state index contributed by atoms with van der Waals surface area (Å²) in [6.07, 6.45) is 7.51. The quantitative estimate of drug-likeness (QED) is 0.490. The number of pyridine rings is 1. The summed E-state index contributed by atoms with van der Waals surface area (Å²) in [5, 5.41) is 1.96. The van der Waals surface area contributed by atoms with Crippen LogP contribution in [0.3, 0.4) is 0 Å². The van der Waals surface area contributed by atoms with E-state index in [1.54, 1.807) is 6.26 Å². The van der Waals surface area contributed by atoms with Crippen molar-refractivity contribution in [3.05, 3.63) is 43.1 Å². The van der Waals surface area contributed by atoms with E-state index in [2.05, 4.69) is 0 Å². The van der Waals surface area contributed by atoms with Crippen LogP contribution in [0.25, 0.3) is 0 Å². The molecule has 0 saturated carbocycles. The Morgan fingerprint density at radius 2 is 1.92 bits per heavy atom. The third kappa shape index (κ3) is 1.76. The Morgan fingerprint density at radius 3 is 2.50 bits per heavy atom. The average Bonchev–Trinajstić information content (AvgIpc) is 2.58. The highest BCUT2D eigenvalue weighted by atomic mass is 79.9. The minimum atomic E-state index is 0. The van der Waals surface area contributed by atoms with Crippen LogP contribution in [0.2, 0.25) is 0 Å². The molecule has 2 rings (SSSR count). The lowest BCUT2D eigenvalue weighted by atomic mass is 10.5. The molecule has 1 aromatic rings. The average molecular weight is 229 g/mol. The van der Waals surface area contributed by atoms with Crippen LogP contribution in [0.5, 0.6) is 0 Å². The number of halogens is 1. The first-order valence-electron chi connectivity index (χ1n) is 3.48. The van der Waals surface area contributed by atoms with E-state index in [1.807, 2.05) is 46.5 Å². The third-order valence-electron chi connectivity index (χ3n) is 1.53. The standard InChI is InChI=1S/C8H9N2O.BrH/c1-2-4-9(5-3-1)10-6-7-11-8-10;/h1-7H,8H2;1H/q+1;/p-1. The van der Waals surface area contributed by atoms with Crippen LogP contribution in [-0.2, 0) is 4.74 Å². The lowest BCUT2D eigenvalue weighted by molar-refractivity contribution is -0.687. The highest BCUT2D eigenvalue weighted by Gasteiger charge is 2.12. The maximum atomic E-state index is 5.04. The van der Waals surface area contributed by atoms with E-state index in [4.69, 9.17) is 4.74 Å². The molecule has 3 nitrogen and oxygen atoms in total. The molecule has 2 heterocycles. The van der Waals surface area contributed by atoms with Crippen molar-refractivity contribution in [2.24, 2.45) is 0 Å². The van der Waals surface area contributed by atoms with Crippen molar-refractivity contribution in [3.63, 3.8) is 0 Å². The first-order chi connectivity index (χ1) is 5.47. The van der Waals surface area contributed by atoms with Crippen LogP contribution in [0.4, 0.5) is 0 Å².